The van der Waals surface area contributed by atoms with Crippen molar-refractivity contribution in [3.8, 4) is 0 Å². The van der Waals surface area contributed by atoms with Crippen molar-refractivity contribution in [1.82, 2.24) is 5.32 Å². The Kier molecular flexibility index (Phi) is 4.71. The molecule has 1 aliphatic rings. The Morgan fingerprint density at radius 2 is 2.21 bits per heavy atom. The van der Waals surface area contributed by atoms with Crippen LogP contribution in [0.15, 0.2) is 18.2 Å². The molecule has 0 heterocycles. The van der Waals surface area contributed by atoms with E-state index in [9.17, 15) is 4.79 Å². The molecule has 0 aliphatic heterocycles. The molecule has 19 heavy (non-hydrogen) atoms. The van der Waals surface area contributed by atoms with Crippen molar-refractivity contribution in [2.24, 2.45) is 5.92 Å². The predicted octanol–water partition coefficient (Wildman–Crippen LogP) is 2.98. The molecule has 0 aromatic heterocycles. The number of carbonyl (C=O) groups excluding carboxylic acids is 1. The molecule has 2 unspecified atom stereocenters. The Hall–Kier alpha value is -0.770. The lowest BCUT2D eigenvalue weighted by molar-refractivity contribution is -0.123. The van der Waals surface area contributed by atoms with Crippen LogP contribution in [0.25, 0.3) is 0 Å². The van der Waals surface area contributed by atoms with Crippen LogP contribution < -0.4 is 5.32 Å². The summed E-state index contributed by atoms with van der Waals surface area (Å²) in [5.74, 6) is 0.298. The summed E-state index contributed by atoms with van der Waals surface area (Å²) in [7, 11) is 0. The fourth-order valence-corrected chi connectivity index (χ4v) is 2.52. The molecular weight excluding hydrogens is 285 g/mol. The predicted molar refractivity (Wildman–Crippen MR) is 76.6 cm³/mol. The summed E-state index contributed by atoms with van der Waals surface area (Å²) in [6, 6.07) is 5.52. The van der Waals surface area contributed by atoms with Gasteiger partial charge in [0.15, 0.2) is 0 Å². The Morgan fingerprint density at radius 1 is 1.47 bits per heavy atom. The molecule has 3 nitrogen and oxygen atoms in total. The molecule has 0 bridgehead atoms. The van der Waals surface area contributed by atoms with E-state index < -0.39 is 0 Å². The smallest absolute Gasteiger partial charge is 0.223 e. The Morgan fingerprint density at radius 3 is 2.84 bits per heavy atom. The number of benzene rings is 1. The highest BCUT2D eigenvalue weighted by Gasteiger charge is 2.44. The lowest BCUT2D eigenvalue weighted by Gasteiger charge is -2.12. The SMILES string of the molecule is C[C@H](CCO)NC(=O)C1CC1c1ccc(Cl)c(Cl)c1. The van der Waals surface area contributed by atoms with Crippen LogP contribution in [0.4, 0.5) is 0 Å². The van der Waals surface area contributed by atoms with Crippen LogP contribution in [0.3, 0.4) is 0 Å². The average molecular weight is 302 g/mol. The van der Waals surface area contributed by atoms with Crippen molar-refractivity contribution in [3.05, 3.63) is 33.8 Å². The molecule has 0 radical (unpaired) electrons. The number of aliphatic hydroxyl groups is 1. The summed E-state index contributed by atoms with van der Waals surface area (Å²) in [6.45, 7) is 1.98. The maximum atomic E-state index is 12.0. The molecule has 1 amide bonds. The van der Waals surface area contributed by atoms with Gasteiger partial charge in [0.2, 0.25) is 5.91 Å². The van der Waals surface area contributed by atoms with Crippen molar-refractivity contribution in [3.63, 3.8) is 0 Å². The van der Waals surface area contributed by atoms with Gasteiger partial charge < -0.3 is 10.4 Å². The molecular formula is C14H17Cl2NO2. The van der Waals surface area contributed by atoms with Crippen LogP contribution in [-0.2, 0) is 4.79 Å². The van der Waals surface area contributed by atoms with Gasteiger partial charge in [0.25, 0.3) is 0 Å². The van der Waals surface area contributed by atoms with Crippen LogP contribution in [0.2, 0.25) is 10.0 Å². The maximum Gasteiger partial charge on any atom is 0.223 e. The van der Waals surface area contributed by atoms with E-state index in [1.165, 1.54) is 0 Å². The first-order chi connectivity index (χ1) is 9.02. The minimum Gasteiger partial charge on any atom is -0.396 e. The minimum absolute atomic E-state index is 0.00700. The van der Waals surface area contributed by atoms with Gasteiger partial charge in [0.1, 0.15) is 0 Å². The summed E-state index contributed by atoms with van der Waals surface area (Å²) < 4.78 is 0. The normalized spacial score (nSPS) is 22.9. The molecule has 1 saturated carbocycles. The standard InChI is InChI=1S/C14H17Cl2NO2/c1-8(4-5-18)17-14(19)11-7-10(11)9-2-3-12(15)13(16)6-9/h2-3,6,8,10-11,18H,4-5,7H2,1H3,(H,17,19)/t8-,10?,11?/m1/s1. The fraction of sp³-hybridized carbons (Fsp3) is 0.500. The first kappa shape index (κ1) is 14.6. The summed E-state index contributed by atoms with van der Waals surface area (Å²) >= 11 is 11.9. The van der Waals surface area contributed by atoms with Gasteiger partial charge in [-0.15, -0.1) is 0 Å². The number of rotatable bonds is 5. The number of halogens is 2. The van der Waals surface area contributed by atoms with E-state index in [1.807, 2.05) is 19.1 Å². The summed E-state index contributed by atoms with van der Waals surface area (Å²) in [4.78, 5) is 12.0. The van der Waals surface area contributed by atoms with Gasteiger partial charge in [0, 0.05) is 18.6 Å². The van der Waals surface area contributed by atoms with Crippen molar-refractivity contribution >= 4 is 29.1 Å². The molecule has 1 aromatic carbocycles. The molecule has 1 fully saturated rings. The van der Waals surface area contributed by atoms with Crippen LogP contribution in [0, 0.1) is 5.92 Å². The number of hydrogen-bond donors (Lipinski definition) is 2. The van der Waals surface area contributed by atoms with E-state index in [0.717, 1.165) is 12.0 Å². The van der Waals surface area contributed by atoms with Gasteiger partial charge >= 0.3 is 0 Å². The quantitative estimate of drug-likeness (QED) is 0.878. The Bertz CT molecular complexity index is 479. The molecule has 104 valence electrons. The maximum absolute atomic E-state index is 12.0. The molecule has 1 aromatic rings. The molecule has 2 rings (SSSR count). The zero-order chi connectivity index (χ0) is 14.0. The third kappa shape index (κ3) is 3.62. The molecule has 0 saturated heterocycles. The van der Waals surface area contributed by atoms with Crippen molar-refractivity contribution < 1.29 is 9.90 Å². The van der Waals surface area contributed by atoms with E-state index in [1.54, 1.807) is 6.07 Å². The number of carbonyl (C=O) groups is 1. The highest BCUT2D eigenvalue weighted by Crippen LogP contribution is 2.48. The van der Waals surface area contributed by atoms with E-state index in [0.29, 0.717) is 16.5 Å². The zero-order valence-electron chi connectivity index (χ0n) is 10.7. The largest absolute Gasteiger partial charge is 0.396 e. The number of hydrogen-bond acceptors (Lipinski definition) is 2. The van der Waals surface area contributed by atoms with Gasteiger partial charge in [-0.1, -0.05) is 29.3 Å². The van der Waals surface area contributed by atoms with Crippen LogP contribution in [0.1, 0.15) is 31.2 Å². The van der Waals surface area contributed by atoms with Gasteiger partial charge in [-0.05, 0) is 43.4 Å². The number of aliphatic hydroxyl groups excluding tert-OH is 1. The van der Waals surface area contributed by atoms with E-state index in [-0.39, 0.29) is 30.4 Å². The second-order valence-electron chi connectivity index (χ2n) is 5.04. The van der Waals surface area contributed by atoms with Gasteiger partial charge in [-0.2, -0.15) is 0 Å². The molecule has 5 heteroatoms. The lowest BCUT2D eigenvalue weighted by atomic mass is 10.1. The minimum atomic E-state index is 0.00700. The van der Waals surface area contributed by atoms with Crippen molar-refractivity contribution in [2.45, 2.75) is 31.7 Å². The highest BCUT2D eigenvalue weighted by atomic mass is 35.5. The first-order valence-electron chi connectivity index (χ1n) is 6.39. The Labute approximate surface area is 122 Å². The second kappa shape index (κ2) is 6.12. The topological polar surface area (TPSA) is 49.3 Å². The highest BCUT2D eigenvalue weighted by molar-refractivity contribution is 6.42. The monoisotopic (exact) mass is 301 g/mol. The second-order valence-corrected chi connectivity index (χ2v) is 5.86. The van der Waals surface area contributed by atoms with Gasteiger partial charge in [-0.3, -0.25) is 4.79 Å². The molecule has 3 atom stereocenters. The van der Waals surface area contributed by atoms with E-state index in [4.69, 9.17) is 28.3 Å². The van der Waals surface area contributed by atoms with Crippen molar-refractivity contribution in [2.75, 3.05) is 6.61 Å². The summed E-state index contributed by atoms with van der Waals surface area (Å²) in [5.41, 5.74) is 1.06. The average Bonchev–Trinajstić information content (AvgIpc) is 3.13. The molecule has 0 spiro atoms. The third-order valence-electron chi connectivity index (χ3n) is 3.45. The van der Waals surface area contributed by atoms with Crippen LogP contribution in [0.5, 0.6) is 0 Å². The lowest BCUT2D eigenvalue weighted by Crippen LogP contribution is -2.34. The van der Waals surface area contributed by atoms with Crippen molar-refractivity contribution in [1.29, 1.82) is 0 Å². The molecule has 1 aliphatic carbocycles. The first-order valence-corrected chi connectivity index (χ1v) is 7.14. The summed E-state index contributed by atoms with van der Waals surface area (Å²) in [6.07, 6.45) is 1.42. The third-order valence-corrected chi connectivity index (χ3v) is 4.19. The van der Waals surface area contributed by atoms with Gasteiger partial charge in [-0.25, -0.2) is 0 Å². The van der Waals surface area contributed by atoms with Crippen LogP contribution >= 0.6 is 23.2 Å². The summed E-state index contributed by atoms with van der Waals surface area (Å²) in [5, 5.41) is 12.8. The number of nitrogens with one attached hydrogen (secondary N) is 1. The van der Waals surface area contributed by atoms with E-state index >= 15 is 0 Å². The fourth-order valence-electron chi connectivity index (χ4n) is 2.21. The molecule has 2 N–H and O–H groups in total. The van der Waals surface area contributed by atoms with Gasteiger partial charge in [0.05, 0.1) is 10.0 Å². The zero-order valence-corrected chi connectivity index (χ0v) is 12.2. The van der Waals surface area contributed by atoms with E-state index in [2.05, 4.69) is 5.32 Å². The van der Waals surface area contributed by atoms with Crippen LogP contribution in [-0.4, -0.2) is 23.7 Å². The Balaban J connectivity index is 1.93. The number of amides is 1.